The summed E-state index contributed by atoms with van der Waals surface area (Å²) in [6.45, 7) is 0.777. The minimum Gasteiger partial charge on any atom is -0.379 e. The molecule has 3 aromatic carbocycles. The summed E-state index contributed by atoms with van der Waals surface area (Å²) >= 11 is 0. The first-order valence-corrected chi connectivity index (χ1v) is 12.5. The van der Waals surface area contributed by atoms with Gasteiger partial charge in [-0.3, -0.25) is 4.79 Å². The van der Waals surface area contributed by atoms with Gasteiger partial charge in [0.1, 0.15) is 10.7 Å². The van der Waals surface area contributed by atoms with Crippen molar-refractivity contribution in [3.8, 4) is 11.3 Å². The second-order valence-electron chi connectivity index (χ2n) is 8.05. The van der Waals surface area contributed by atoms with Crippen molar-refractivity contribution in [2.24, 2.45) is 0 Å². The lowest BCUT2D eigenvalue weighted by molar-refractivity contribution is 0.0729. The number of anilines is 1. The molecule has 0 atom stereocenters. The fourth-order valence-corrected chi connectivity index (χ4v) is 5.52. The number of aromatic nitrogens is 1. The molecule has 0 bridgehead atoms. The summed E-state index contributed by atoms with van der Waals surface area (Å²) in [5.41, 5.74) is 2.67. The average molecular weight is 492 g/mol. The van der Waals surface area contributed by atoms with E-state index in [9.17, 15) is 17.6 Å². The van der Waals surface area contributed by atoms with Crippen molar-refractivity contribution < 1.29 is 22.3 Å². The van der Waals surface area contributed by atoms with Crippen LogP contribution in [0.4, 0.5) is 10.1 Å². The fraction of sp³-hybridized carbons (Fsp3) is 0.154. The molecular weight excluding hydrogens is 469 g/mol. The van der Waals surface area contributed by atoms with Gasteiger partial charge in [-0.2, -0.15) is 4.31 Å². The van der Waals surface area contributed by atoms with Gasteiger partial charge in [-0.1, -0.05) is 48.5 Å². The van der Waals surface area contributed by atoms with Crippen LogP contribution in [0.2, 0.25) is 0 Å². The molecule has 0 unspecified atom stereocenters. The van der Waals surface area contributed by atoms with E-state index in [-0.39, 0.29) is 32.0 Å². The highest BCUT2D eigenvalue weighted by Crippen LogP contribution is 2.27. The molecule has 0 aliphatic carbocycles. The Hall–Kier alpha value is -3.66. The number of halogens is 1. The van der Waals surface area contributed by atoms with Crippen molar-refractivity contribution in [3.05, 3.63) is 90.2 Å². The van der Waals surface area contributed by atoms with Gasteiger partial charge < -0.3 is 10.1 Å². The molecule has 5 rings (SSSR count). The molecule has 1 amide bonds. The largest absolute Gasteiger partial charge is 0.379 e. The molecule has 9 heteroatoms. The van der Waals surface area contributed by atoms with E-state index >= 15 is 0 Å². The summed E-state index contributed by atoms with van der Waals surface area (Å²) in [5.74, 6) is -1.34. The molecule has 0 saturated carbocycles. The van der Waals surface area contributed by atoms with Gasteiger partial charge in [0, 0.05) is 29.7 Å². The average Bonchev–Trinajstić information content (AvgIpc) is 2.90. The molecule has 0 spiro atoms. The molecule has 4 aromatic rings. The zero-order chi connectivity index (χ0) is 24.4. The summed E-state index contributed by atoms with van der Waals surface area (Å²) in [6, 6.07) is 22.0. The van der Waals surface area contributed by atoms with Gasteiger partial charge in [-0.05, 0) is 30.3 Å². The standard InChI is InChI=1S/C26H22FN3O4S/c27-22-11-10-19(16-25(22)35(32,33)30-12-14-34-15-13-30)28-26(31)21-17-24(18-6-2-1-3-7-18)29-23-9-5-4-8-20(21)23/h1-11,16-17H,12-15H2,(H,28,31). The number of pyridine rings is 1. The van der Waals surface area contributed by atoms with E-state index in [4.69, 9.17) is 4.74 Å². The third kappa shape index (κ3) is 4.66. The number of hydrogen-bond donors (Lipinski definition) is 1. The zero-order valence-electron chi connectivity index (χ0n) is 18.6. The van der Waals surface area contributed by atoms with Gasteiger partial charge in [-0.25, -0.2) is 17.8 Å². The van der Waals surface area contributed by atoms with E-state index in [1.54, 1.807) is 12.1 Å². The molecule has 1 aliphatic rings. The Morgan fingerprint density at radius 2 is 1.66 bits per heavy atom. The summed E-state index contributed by atoms with van der Waals surface area (Å²) in [4.78, 5) is 17.5. The SMILES string of the molecule is O=C(Nc1ccc(F)c(S(=O)(=O)N2CCOCC2)c1)c1cc(-c2ccccc2)nc2ccccc12. The van der Waals surface area contributed by atoms with Crippen LogP contribution < -0.4 is 5.32 Å². The van der Waals surface area contributed by atoms with Crippen LogP contribution in [0.3, 0.4) is 0 Å². The minimum atomic E-state index is -4.08. The number of nitrogens with one attached hydrogen (secondary N) is 1. The first-order valence-electron chi connectivity index (χ1n) is 11.1. The number of nitrogens with zero attached hydrogens (tertiary/aromatic N) is 2. The smallest absolute Gasteiger partial charge is 0.256 e. The zero-order valence-corrected chi connectivity index (χ0v) is 19.5. The minimum absolute atomic E-state index is 0.142. The van der Waals surface area contributed by atoms with Crippen LogP contribution in [0, 0.1) is 5.82 Å². The van der Waals surface area contributed by atoms with Crippen LogP contribution >= 0.6 is 0 Å². The van der Waals surface area contributed by atoms with Crippen LogP contribution in [0.5, 0.6) is 0 Å². The third-order valence-electron chi connectivity index (χ3n) is 5.81. The number of benzene rings is 3. The Balaban J connectivity index is 1.51. The number of carbonyl (C=O) groups excluding carboxylic acids is 1. The molecule has 1 aliphatic heterocycles. The van der Waals surface area contributed by atoms with Crippen LogP contribution in [0.1, 0.15) is 10.4 Å². The van der Waals surface area contributed by atoms with E-state index in [0.717, 1.165) is 17.7 Å². The van der Waals surface area contributed by atoms with Gasteiger partial charge in [0.2, 0.25) is 10.0 Å². The number of ether oxygens (including phenoxy) is 1. The van der Waals surface area contributed by atoms with Crippen molar-refractivity contribution in [2.75, 3.05) is 31.6 Å². The predicted octanol–water partition coefficient (Wildman–Crippen LogP) is 4.31. The van der Waals surface area contributed by atoms with Crippen molar-refractivity contribution in [3.63, 3.8) is 0 Å². The normalized spacial score (nSPS) is 14.7. The highest BCUT2D eigenvalue weighted by molar-refractivity contribution is 7.89. The number of carbonyl (C=O) groups is 1. The highest BCUT2D eigenvalue weighted by atomic mass is 32.2. The molecule has 1 fully saturated rings. The Morgan fingerprint density at radius 1 is 0.943 bits per heavy atom. The second kappa shape index (κ2) is 9.53. The molecule has 0 radical (unpaired) electrons. The molecule has 1 aromatic heterocycles. The maximum Gasteiger partial charge on any atom is 0.256 e. The monoisotopic (exact) mass is 491 g/mol. The maximum atomic E-state index is 14.6. The fourth-order valence-electron chi connectivity index (χ4n) is 4.02. The number of hydrogen-bond acceptors (Lipinski definition) is 5. The third-order valence-corrected chi connectivity index (χ3v) is 7.72. The van der Waals surface area contributed by atoms with Gasteiger partial charge in [-0.15, -0.1) is 0 Å². The summed E-state index contributed by atoms with van der Waals surface area (Å²) < 4.78 is 47.0. The number of fused-ring (bicyclic) bond motifs is 1. The number of morpholine rings is 1. The Kier molecular flexibility index (Phi) is 6.29. The maximum absolute atomic E-state index is 14.6. The molecule has 178 valence electrons. The summed E-state index contributed by atoms with van der Waals surface area (Å²) in [6.07, 6.45) is 0. The van der Waals surface area contributed by atoms with E-state index in [1.807, 2.05) is 48.5 Å². The van der Waals surface area contributed by atoms with Crippen molar-refractivity contribution in [2.45, 2.75) is 4.90 Å². The highest BCUT2D eigenvalue weighted by Gasteiger charge is 2.29. The van der Waals surface area contributed by atoms with Gasteiger partial charge in [0.05, 0.1) is 30.0 Å². The number of amides is 1. The Bertz CT molecular complexity index is 1500. The lowest BCUT2D eigenvalue weighted by Gasteiger charge is -2.26. The summed E-state index contributed by atoms with van der Waals surface area (Å²) in [7, 11) is -4.08. The van der Waals surface area contributed by atoms with Crippen LogP contribution in [-0.2, 0) is 14.8 Å². The van der Waals surface area contributed by atoms with Crippen LogP contribution in [-0.4, -0.2) is 49.9 Å². The topological polar surface area (TPSA) is 88.6 Å². The molecular formula is C26H22FN3O4S. The number of sulfonamides is 1. The lowest BCUT2D eigenvalue weighted by atomic mass is 10.0. The second-order valence-corrected chi connectivity index (χ2v) is 9.96. The van der Waals surface area contributed by atoms with Crippen molar-refractivity contribution >= 4 is 32.5 Å². The van der Waals surface area contributed by atoms with Crippen LogP contribution in [0.15, 0.2) is 83.8 Å². The predicted molar refractivity (Wildman–Crippen MR) is 131 cm³/mol. The quantitative estimate of drug-likeness (QED) is 0.449. The van der Waals surface area contributed by atoms with E-state index in [0.29, 0.717) is 22.2 Å². The molecule has 1 N–H and O–H groups in total. The number of rotatable bonds is 5. The van der Waals surface area contributed by atoms with Gasteiger partial charge in [0.25, 0.3) is 5.91 Å². The van der Waals surface area contributed by atoms with Crippen molar-refractivity contribution in [1.29, 1.82) is 0 Å². The van der Waals surface area contributed by atoms with Gasteiger partial charge in [0.15, 0.2) is 0 Å². The van der Waals surface area contributed by atoms with E-state index < -0.39 is 26.6 Å². The van der Waals surface area contributed by atoms with Crippen molar-refractivity contribution in [1.82, 2.24) is 9.29 Å². The summed E-state index contributed by atoms with van der Waals surface area (Å²) in [5, 5.41) is 3.38. The number of para-hydroxylation sites is 1. The Labute approximate surface area is 202 Å². The molecule has 35 heavy (non-hydrogen) atoms. The Morgan fingerprint density at radius 3 is 2.43 bits per heavy atom. The molecule has 7 nitrogen and oxygen atoms in total. The lowest BCUT2D eigenvalue weighted by Crippen LogP contribution is -2.40. The van der Waals surface area contributed by atoms with Crippen LogP contribution in [0.25, 0.3) is 22.2 Å². The van der Waals surface area contributed by atoms with E-state index in [1.165, 1.54) is 10.4 Å². The van der Waals surface area contributed by atoms with Gasteiger partial charge >= 0.3 is 0 Å². The first kappa shape index (κ1) is 23.1. The van der Waals surface area contributed by atoms with E-state index in [2.05, 4.69) is 10.3 Å². The molecule has 2 heterocycles. The molecule has 1 saturated heterocycles. The first-order chi connectivity index (χ1) is 16.9.